The number of hydrogen-bond acceptors (Lipinski definition) is 4. The van der Waals surface area contributed by atoms with Crippen LogP contribution in [0.25, 0.3) is 0 Å². The lowest BCUT2D eigenvalue weighted by atomic mass is 10.1. The highest BCUT2D eigenvalue weighted by atomic mass is 16.3. The van der Waals surface area contributed by atoms with Gasteiger partial charge in [-0.25, -0.2) is 4.98 Å². The van der Waals surface area contributed by atoms with Gasteiger partial charge in [0.15, 0.2) is 5.89 Å². The number of phenolic OH excluding ortho intramolecular Hbond substituents is 1. The van der Waals surface area contributed by atoms with Crippen LogP contribution in [0.2, 0.25) is 0 Å². The van der Waals surface area contributed by atoms with Crippen molar-refractivity contribution in [1.29, 1.82) is 0 Å². The van der Waals surface area contributed by atoms with Crippen LogP contribution in [0.1, 0.15) is 23.6 Å². The van der Waals surface area contributed by atoms with E-state index in [4.69, 9.17) is 10.2 Å². The summed E-state index contributed by atoms with van der Waals surface area (Å²) in [5.41, 5.74) is 7.36. The average Bonchev–Trinajstić information content (AvgIpc) is 2.74. The fourth-order valence-corrected chi connectivity index (χ4v) is 1.67. The molecule has 0 saturated carbocycles. The highest BCUT2D eigenvalue weighted by Gasteiger charge is 2.05. The van der Waals surface area contributed by atoms with E-state index in [2.05, 4.69) is 4.98 Å². The highest BCUT2D eigenvalue weighted by molar-refractivity contribution is 5.28. The molecule has 0 unspecified atom stereocenters. The summed E-state index contributed by atoms with van der Waals surface area (Å²) in [6.45, 7) is 0.661. The average molecular weight is 232 g/mol. The second-order valence-electron chi connectivity index (χ2n) is 3.97. The quantitative estimate of drug-likeness (QED) is 0.825. The first-order chi connectivity index (χ1) is 8.28. The number of phenols is 1. The standard InChI is InChI=1S/C13H16N2O2/c14-6-2-4-11-9-17-13(15-11)8-10-3-1-5-12(16)7-10/h1,3,5,7,9,16H,2,4,6,8,14H2. The summed E-state index contributed by atoms with van der Waals surface area (Å²) in [5.74, 6) is 0.931. The van der Waals surface area contributed by atoms with Crippen molar-refractivity contribution in [3.05, 3.63) is 47.7 Å². The van der Waals surface area contributed by atoms with E-state index in [-0.39, 0.29) is 5.75 Å². The maximum Gasteiger partial charge on any atom is 0.198 e. The van der Waals surface area contributed by atoms with Gasteiger partial charge in [-0.2, -0.15) is 0 Å². The van der Waals surface area contributed by atoms with Crippen molar-refractivity contribution in [2.75, 3.05) is 6.54 Å². The van der Waals surface area contributed by atoms with Crippen LogP contribution >= 0.6 is 0 Å². The van der Waals surface area contributed by atoms with Crippen LogP contribution in [-0.2, 0) is 12.8 Å². The van der Waals surface area contributed by atoms with Crippen molar-refractivity contribution in [2.45, 2.75) is 19.3 Å². The van der Waals surface area contributed by atoms with Gasteiger partial charge >= 0.3 is 0 Å². The SMILES string of the molecule is NCCCc1coc(Cc2cccc(O)c2)n1. The van der Waals surface area contributed by atoms with Crippen molar-refractivity contribution in [3.8, 4) is 5.75 Å². The molecule has 0 radical (unpaired) electrons. The summed E-state index contributed by atoms with van der Waals surface area (Å²) >= 11 is 0. The molecule has 1 aromatic heterocycles. The minimum atomic E-state index is 0.261. The van der Waals surface area contributed by atoms with Crippen LogP contribution in [0.4, 0.5) is 0 Å². The molecular weight excluding hydrogens is 216 g/mol. The number of oxazole rings is 1. The highest BCUT2D eigenvalue weighted by Crippen LogP contribution is 2.15. The third-order valence-electron chi connectivity index (χ3n) is 2.50. The molecule has 2 rings (SSSR count). The number of benzene rings is 1. The predicted molar refractivity (Wildman–Crippen MR) is 64.8 cm³/mol. The molecule has 1 aromatic carbocycles. The second-order valence-corrected chi connectivity index (χ2v) is 3.97. The molecule has 0 atom stereocenters. The molecule has 0 aliphatic rings. The van der Waals surface area contributed by atoms with E-state index >= 15 is 0 Å². The zero-order valence-electron chi connectivity index (χ0n) is 9.60. The second kappa shape index (κ2) is 5.50. The minimum absolute atomic E-state index is 0.261. The Labute approximate surface area is 100 Å². The van der Waals surface area contributed by atoms with Crippen molar-refractivity contribution >= 4 is 0 Å². The zero-order chi connectivity index (χ0) is 12.1. The van der Waals surface area contributed by atoms with Gasteiger partial charge in [0.2, 0.25) is 0 Å². The largest absolute Gasteiger partial charge is 0.508 e. The fourth-order valence-electron chi connectivity index (χ4n) is 1.67. The summed E-state index contributed by atoms with van der Waals surface area (Å²) < 4.78 is 5.37. The van der Waals surface area contributed by atoms with Crippen molar-refractivity contribution < 1.29 is 9.52 Å². The van der Waals surface area contributed by atoms with Crippen molar-refractivity contribution in [1.82, 2.24) is 4.98 Å². The smallest absolute Gasteiger partial charge is 0.198 e. The van der Waals surface area contributed by atoms with Gasteiger partial charge in [0.05, 0.1) is 5.69 Å². The normalized spacial score (nSPS) is 10.6. The lowest BCUT2D eigenvalue weighted by Gasteiger charge is -1.97. The molecule has 4 nitrogen and oxygen atoms in total. The number of hydrogen-bond donors (Lipinski definition) is 2. The van der Waals surface area contributed by atoms with Gasteiger partial charge in [-0.15, -0.1) is 0 Å². The molecule has 0 aliphatic heterocycles. The van der Waals surface area contributed by atoms with E-state index in [1.54, 1.807) is 18.4 Å². The first kappa shape index (κ1) is 11.7. The van der Waals surface area contributed by atoms with Gasteiger partial charge in [-0.3, -0.25) is 0 Å². The topological polar surface area (TPSA) is 72.3 Å². The lowest BCUT2D eigenvalue weighted by molar-refractivity contribution is 0.473. The zero-order valence-corrected chi connectivity index (χ0v) is 9.60. The van der Waals surface area contributed by atoms with E-state index in [0.29, 0.717) is 18.9 Å². The number of nitrogens with two attached hydrogens (primary N) is 1. The number of aromatic hydroxyl groups is 1. The van der Waals surface area contributed by atoms with Gasteiger partial charge in [0, 0.05) is 6.42 Å². The first-order valence-corrected chi connectivity index (χ1v) is 5.69. The van der Waals surface area contributed by atoms with Gasteiger partial charge in [-0.1, -0.05) is 12.1 Å². The Morgan fingerprint density at radius 3 is 3.00 bits per heavy atom. The third kappa shape index (κ3) is 3.32. The third-order valence-corrected chi connectivity index (χ3v) is 2.50. The van der Waals surface area contributed by atoms with E-state index in [1.807, 2.05) is 12.1 Å². The van der Waals surface area contributed by atoms with E-state index < -0.39 is 0 Å². The molecule has 0 saturated heterocycles. The van der Waals surface area contributed by atoms with Crippen LogP contribution in [0.15, 0.2) is 34.9 Å². The number of aromatic nitrogens is 1. The Morgan fingerprint density at radius 1 is 1.35 bits per heavy atom. The molecule has 0 fully saturated rings. The Hall–Kier alpha value is -1.81. The van der Waals surface area contributed by atoms with Crippen LogP contribution in [0.5, 0.6) is 5.75 Å². The molecule has 0 amide bonds. The van der Waals surface area contributed by atoms with Crippen molar-refractivity contribution in [3.63, 3.8) is 0 Å². The summed E-state index contributed by atoms with van der Waals surface area (Å²) in [4.78, 5) is 4.37. The molecule has 0 aliphatic carbocycles. The summed E-state index contributed by atoms with van der Waals surface area (Å²) in [6, 6.07) is 7.10. The number of nitrogens with zero attached hydrogens (tertiary/aromatic N) is 1. The first-order valence-electron chi connectivity index (χ1n) is 5.69. The molecule has 4 heteroatoms. The predicted octanol–water partition coefficient (Wildman–Crippen LogP) is 1.86. The lowest BCUT2D eigenvalue weighted by Crippen LogP contribution is -2.00. The molecule has 2 aromatic rings. The molecule has 0 spiro atoms. The van der Waals surface area contributed by atoms with Crippen molar-refractivity contribution in [2.24, 2.45) is 5.73 Å². The van der Waals surface area contributed by atoms with Crippen LogP contribution in [-0.4, -0.2) is 16.6 Å². The number of rotatable bonds is 5. The van der Waals surface area contributed by atoms with E-state index in [0.717, 1.165) is 24.1 Å². The Bertz CT molecular complexity index is 480. The summed E-state index contributed by atoms with van der Waals surface area (Å²) in [5, 5.41) is 9.35. The maximum atomic E-state index is 9.35. The van der Waals surface area contributed by atoms with E-state index in [1.165, 1.54) is 0 Å². The molecule has 3 N–H and O–H groups in total. The molecular formula is C13H16N2O2. The van der Waals surface area contributed by atoms with E-state index in [9.17, 15) is 5.11 Å². The van der Waals surface area contributed by atoms with Gasteiger partial charge in [-0.05, 0) is 37.1 Å². The molecule has 0 bridgehead atoms. The summed E-state index contributed by atoms with van der Waals surface area (Å²) in [7, 11) is 0. The Balaban J connectivity index is 2.01. The maximum absolute atomic E-state index is 9.35. The number of aryl methyl sites for hydroxylation is 1. The van der Waals surface area contributed by atoms with Crippen LogP contribution in [0, 0.1) is 0 Å². The Morgan fingerprint density at radius 2 is 2.24 bits per heavy atom. The van der Waals surface area contributed by atoms with Gasteiger partial charge in [0.1, 0.15) is 12.0 Å². The van der Waals surface area contributed by atoms with Gasteiger partial charge in [0.25, 0.3) is 0 Å². The Kier molecular flexibility index (Phi) is 3.77. The monoisotopic (exact) mass is 232 g/mol. The van der Waals surface area contributed by atoms with Gasteiger partial charge < -0.3 is 15.3 Å². The fraction of sp³-hybridized carbons (Fsp3) is 0.308. The van der Waals surface area contributed by atoms with Crippen LogP contribution in [0.3, 0.4) is 0 Å². The molecule has 90 valence electrons. The molecule has 17 heavy (non-hydrogen) atoms. The molecule has 1 heterocycles. The summed E-state index contributed by atoms with van der Waals surface area (Å²) in [6.07, 6.45) is 4.03. The minimum Gasteiger partial charge on any atom is -0.508 e. The van der Waals surface area contributed by atoms with Crippen LogP contribution < -0.4 is 5.73 Å².